The number of rotatable bonds is 2. The Hall–Kier alpha value is -1.92. The Bertz CT molecular complexity index is 709. The standard InChI is InChI=1S/C14H9BrClFN2O2/c15-12-7-10(17)4-5-11(12)14(21)19-18-13(20)8-2-1-3-9(16)6-8/h1-7H,(H,18,20)(H,19,21). The molecule has 0 spiro atoms. The molecule has 0 bridgehead atoms. The predicted octanol–water partition coefficient (Wildman–Crippen LogP) is 3.32. The molecule has 0 aliphatic rings. The first kappa shape index (κ1) is 15.5. The van der Waals surface area contributed by atoms with Crippen molar-refractivity contribution in [3.8, 4) is 0 Å². The highest BCUT2D eigenvalue weighted by molar-refractivity contribution is 9.10. The molecule has 0 atom stereocenters. The molecule has 0 aliphatic carbocycles. The zero-order valence-corrected chi connectivity index (χ0v) is 12.8. The minimum atomic E-state index is -0.572. The van der Waals surface area contributed by atoms with Crippen molar-refractivity contribution in [2.24, 2.45) is 0 Å². The van der Waals surface area contributed by atoms with Gasteiger partial charge in [0, 0.05) is 15.1 Å². The van der Waals surface area contributed by atoms with Crippen LogP contribution in [-0.2, 0) is 0 Å². The van der Waals surface area contributed by atoms with E-state index >= 15 is 0 Å². The normalized spacial score (nSPS) is 10.0. The Morgan fingerprint density at radius 2 is 1.76 bits per heavy atom. The molecule has 0 aromatic heterocycles. The number of carbonyl (C=O) groups is 2. The van der Waals surface area contributed by atoms with Crippen LogP contribution in [0.5, 0.6) is 0 Å². The molecule has 2 aromatic rings. The van der Waals surface area contributed by atoms with Gasteiger partial charge in [-0.3, -0.25) is 20.4 Å². The number of halogens is 3. The number of hydrogen-bond acceptors (Lipinski definition) is 2. The van der Waals surface area contributed by atoms with E-state index in [4.69, 9.17) is 11.6 Å². The maximum Gasteiger partial charge on any atom is 0.270 e. The van der Waals surface area contributed by atoms with Gasteiger partial charge < -0.3 is 0 Å². The highest BCUT2D eigenvalue weighted by Crippen LogP contribution is 2.17. The molecule has 2 amide bonds. The summed E-state index contributed by atoms with van der Waals surface area (Å²) in [5, 5.41) is 0.412. The fourth-order valence-electron chi connectivity index (χ4n) is 1.56. The van der Waals surface area contributed by atoms with Gasteiger partial charge in [0.2, 0.25) is 0 Å². The fourth-order valence-corrected chi connectivity index (χ4v) is 2.28. The molecule has 0 fully saturated rings. The lowest BCUT2D eigenvalue weighted by atomic mass is 10.2. The minimum Gasteiger partial charge on any atom is -0.267 e. The number of carbonyl (C=O) groups excluding carboxylic acids is 2. The van der Waals surface area contributed by atoms with Crippen LogP contribution in [0.15, 0.2) is 46.9 Å². The van der Waals surface area contributed by atoms with E-state index in [0.29, 0.717) is 10.6 Å². The van der Waals surface area contributed by atoms with Crippen molar-refractivity contribution in [3.63, 3.8) is 0 Å². The van der Waals surface area contributed by atoms with Crippen LogP contribution >= 0.6 is 27.5 Å². The van der Waals surface area contributed by atoms with Crippen molar-refractivity contribution >= 4 is 39.3 Å². The van der Waals surface area contributed by atoms with E-state index in [1.54, 1.807) is 18.2 Å². The summed E-state index contributed by atoms with van der Waals surface area (Å²) in [6.07, 6.45) is 0. The van der Waals surface area contributed by atoms with E-state index in [0.717, 1.165) is 12.1 Å². The molecule has 2 N–H and O–H groups in total. The van der Waals surface area contributed by atoms with Gasteiger partial charge in [-0.1, -0.05) is 17.7 Å². The van der Waals surface area contributed by atoms with Crippen molar-refractivity contribution in [2.75, 3.05) is 0 Å². The molecule has 0 heterocycles. The van der Waals surface area contributed by atoms with Gasteiger partial charge >= 0.3 is 0 Å². The van der Waals surface area contributed by atoms with Gasteiger partial charge in [0.15, 0.2) is 0 Å². The van der Waals surface area contributed by atoms with Crippen LogP contribution in [0.4, 0.5) is 4.39 Å². The molecular formula is C14H9BrClFN2O2. The van der Waals surface area contributed by atoms with Crippen molar-refractivity contribution in [3.05, 3.63) is 68.9 Å². The van der Waals surface area contributed by atoms with E-state index < -0.39 is 17.6 Å². The number of hydrogen-bond donors (Lipinski definition) is 2. The molecule has 0 saturated heterocycles. The summed E-state index contributed by atoms with van der Waals surface area (Å²) in [7, 11) is 0. The fraction of sp³-hybridized carbons (Fsp3) is 0. The summed E-state index contributed by atoms with van der Waals surface area (Å²) in [5.74, 6) is -1.55. The van der Waals surface area contributed by atoms with Crippen LogP contribution in [-0.4, -0.2) is 11.8 Å². The summed E-state index contributed by atoms with van der Waals surface area (Å²) in [6, 6.07) is 9.90. The number of amides is 2. The first-order chi connectivity index (χ1) is 9.97. The lowest BCUT2D eigenvalue weighted by Gasteiger charge is -2.08. The summed E-state index contributed by atoms with van der Waals surface area (Å²) < 4.78 is 13.2. The lowest BCUT2D eigenvalue weighted by molar-refractivity contribution is 0.0846. The van der Waals surface area contributed by atoms with E-state index in [1.807, 2.05) is 0 Å². The Morgan fingerprint density at radius 3 is 2.43 bits per heavy atom. The second kappa shape index (κ2) is 6.69. The summed E-state index contributed by atoms with van der Waals surface area (Å²) >= 11 is 8.85. The molecular weight excluding hydrogens is 363 g/mol. The average molecular weight is 372 g/mol. The largest absolute Gasteiger partial charge is 0.270 e. The van der Waals surface area contributed by atoms with Gasteiger partial charge in [-0.05, 0) is 52.3 Å². The number of benzene rings is 2. The zero-order chi connectivity index (χ0) is 15.4. The van der Waals surface area contributed by atoms with E-state index in [1.165, 1.54) is 12.1 Å². The molecule has 2 aromatic carbocycles. The van der Waals surface area contributed by atoms with Crippen LogP contribution < -0.4 is 10.9 Å². The highest BCUT2D eigenvalue weighted by atomic mass is 79.9. The van der Waals surface area contributed by atoms with E-state index in [-0.39, 0.29) is 10.0 Å². The topological polar surface area (TPSA) is 58.2 Å². The number of hydrazine groups is 1. The monoisotopic (exact) mass is 370 g/mol. The van der Waals surface area contributed by atoms with Gasteiger partial charge in [-0.15, -0.1) is 0 Å². The van der Waals surface area contributed by atoms with Crippen LogP contribution in [0.1, 0.15) is 20.7 Å². The lowest BCUT2D eigenvalue weighted by Crippen LogP contribution is -2.41. The summed E-state index contributed by atoms with van der Waals surface area (Å²) in [6.45, 7) is 0. The maximum atomic E-state index is 12.9. The van der Waals surface area contributed by atoms with Gasteiger partial charge in [0.25, 0.3) is 11.8 Å². The molecule has 2 rings (SSSR count). The minimum absolute atomic E-state index is 0.197. The third-order valence-electron chi connectivity index (χ3n) is 2.55. The van der Waals surface area contributed by atoms with Crippen LogP contribution in [0, 0.1) is 5.82 Å². The molecule has 7 heteroatoms. The van der Waals surface area contributed by atoms with Gasteiger partial charge in [-0.2, -0.15) is 0 Å². The summed E-state index contributed by atoms with van der Waals surface area (Å²) in [4.78, 5) is 23.7. The SMILES string of the molecule is O=C(NNC(=O)c1ccc(F)cc1Br)c1cccc(Cl)c1. The zero-order valence-electron chi connectivity index (χ0n) is 10.5. The third-order valence-corrected chi connectivity index (χ3v) is 3.44. The highest BCUT2D eigenvalue weighted by Gasteiger charge is 2.12. The second-order valence-electron chi connectivity index (χ2n) is 4.04. The molecule has 0 saturated carbocycles. The quantitative estimate of drug-likeness (QED) is 0.796. The smallest absolute Gasteiger partial charge is 0.267 e. The Balaban J connectivity index is 2.02. The molecule has 4 nitrogen and oxygen atoms in total. The van der Waals surface area contributed by atoms with Crippen LogP contribution in [0.2, 0.25) is 5.02 Å². The van der Waals surface area contributed by atoms with Gasteiger partial charge in [0.1, 0.15) is 5.82 Å². The Morgan fingerprint density at radius 1 is 1.05 bits per heavy atom. The first-order valence-electron chi connectivity index (χ1n) is 5.78. The Kier molecular flexibility index (Phi) is 4.93. The second-order valence-corrected chi connectivity index (χ2v) is 5.33. The van der Waals surface area contributed by atoms with Crippen molar-refractivity contribution < 1.29 is 14.0 Å². The van der Waals surface area contributed by atoms with Crippen LogP contribution in [0.3, 0.4) is 0 Å². The Labute approximate surface area is 133 Å². The third kappa shape index (κ3) is 4.03. The van der Waals surface area contributed by atoms with Crippen molar-refractivity contribution in [1.29, 1.82) is 0 Å². The van der Waals surface area contributed by atoms with Gasteiger partial charge in [0.05, 0.1) is 5.56 Å². The molecule has 0 aliphatic heterocycles. The molecule has 108 valence electrons. The van der Waals surface area contributed by atoms with Crippen molar-refractivity contribution in [2.45, 2.75) is 0 Å². The first-order valence-corrected chi connectivity index (χ1v) is 6.96. The molecule has 21 heavy (non-hydrogen) atoms. The average Bonchev–Trinajstić information content (AvgIpc) is 2.44. The van der Waals surface area contributed by atoms with E-state index in [2.05, 4.69) is 26.8 Å². The summed E-state index contributed by atoms with van der Waals surface area (Å²) in [5.41, 5.74) is 5.00. The molecule has 0 unspecified atom stereocenters. The van der Waals surface area contributed by atoms with Gasteiger partial charge in [-0.25, -0.2) is 4.39 Å². The van der Waals surface area contributed by atoms with Crippen LogP contribution in [0.25, 0.3) is 0 Å². The van der Waals surface area contributed by atoms with Crippen molar-refractivity contribution in [1.82, 2.24) is 10.9 Å². The predicted molar refractivity (Wildman–Crippen MR) is 80.5 cm³/mol. The number of nitrogens with one attached hydrogen (secondary N) is 2. The molecule has 0 radical (unpaired) electrons. The van der Waals surface area contributed by atoms with E-state index in [9.17, 15) is 14.0 Å². The maximum absolute atomic E-state index is 12.9.